The zero-order valence-corrected chi connectivity index (χ0v) is 22.2. The van der Waals surface area contributed by atoms with Gasteiger partial charge in [0.1, 0.15) is 5.82 Å². The Labute approximate surface area is 213 Å². The van der Waals surface area contributed by atoms with Crippen LogP contribution in [-0.2, 0) is 16.6 Å². The molecular weight excluding hydrogens is 471 g/mol. The predicted octanol–water partition coefficient (Wildman–Crippen LogP) is 6.63. The van der Waals surface area contributed by atoms with Crippen molar-refractivity contribution in [3.8, 4) is 0 Å². The highest BCUT2D eigenvalue weighted by Crippen LogP contribution is 2.39. The third-order valence-corrected chi connectivity index (χ3v) is 9.78. The van der Waals surface area contributed by atoms with Crippen LogP contribution < -0.4 is 0 Å². The van der Waals surface area contributed by atoms with Gasteiger partial charge in [-0.15, -0.1) is 0 Å². The molecule has 1 aliphatic rings. The van der Waals surface area contributed by atoms with Gasteiger partial charge in [-0.25, -0.2) is 12.8 Å². The smallest absolute Gasteiger partial charge is 0.243 e. The minimum Gasteiger partial charge on any atom is -0.340 e. The molecule has 3 aromatic carbocycles. The molecule has 4 nitrogen and oxygen atoms in total. The number of para-hydroxylation sites is 1. The van der Waals surface area contributed by atoms with Crippen LogP contribution in [0.3, 0.4) is 0 Å². The van der Waals surface area contributed by atoms with Crippen molar-refractivity contribution >= 4 is 20.9 Å². The number of benzene rings is 3. The molecule has 4 aromatic rings. The van der Waals surface area contributed by atoms with Crippen molar-refractivity contribution in [2.75, 3.05) is 13.1 Å². The average molecular weight is 505 g/mol. The van der Waals surface area contributed by atoms with Crippen molar-refractivity contribution in [3.63, 3.8) is 0 Å². The summed E-state index contributed by atoms with van der Waals surface area (Å²) in [6.45, 7) is 9.51. The Bertz CT molecular complexity index is 1520. The zero-order chi connectivity index (χ0) is 25.6. The number of halogens is 1. The highest BCUT2D eigenvalue weighted by molar-refractivity contribution is 7.89. The van der Waals surface area contributed by atoms with Crippen LogP contribution >= 0.6 is 0 Å². The van der Waals surface area contributed by atoms with E-state index in [9.17, 15) is 12.8 Å². The van der Waals surface area contributed by atoms with Gasteiger partial charge in [0.2, 0.25) is 10.0 Å². The fourth-order valence-corrected chi connectivity index (χ4v) is 7.96. The van der Waals surface area contributed by atoms with Gasteiger partial charge in [0, 0.05) is 36.2 Å². The lowest BCUT2D eigenvalue weighted by Gasteiger charge is -2.32. The molecule has 6 heteroatoms. The second kappa shape index (κ2) is 9.49. The molecule has 0 atom stereocenters. The molecule has 188 valence electrons. The summed E-state index contributed by atoms with van der Waals surface area (Å²) in [5.41, 5.74) is 7.23. The van der Waals surface area contributed by atoms with Crippen molar-refractivity contribution in [3.05, 3.63) is 100.0 Å². The van der Waals surface area contributed by atoms with E-state index in [1.54, 1.807) is 16.4 Å². The lowest BCUT2D eigenvalue weighted by Crippen LogP contribution is -2.38. The van der Waals surface area contributed by atoms with E-state index in [1.165, 1.54) is 22.7 Å². The van der Waals surface area contributed by atoms with E-state index in [0.29, 0.717) is 24.5 Å². The first-order valence-electron chi connectivity index (χ1n) is 12.6. The SMILES string of the molecule is Cc1cc(C)c(S(=O)(=O)N2CCC(c3c(C)n(Cc4cccc(F)c4)c4ccccc34)CC2)c(C)c1. The lowest BCUT2D eigenvalue weighted by molar-refractivity contribution is 0.319. The molecule has 1 saturated heterocycles. The van der Waals surface area contributed by atoms with Gasteiger partial charge >= 0.3 is 0 Å². The number of hydrogen-bond donors (Lipinski definition) is 0. The van der Waals surface area contributed by atoms with Gasteiger partial charge in [0.05, 0.1) is 4.90 Å². The normalized spacial score (nSPS) is 15.6. The molecule has 2 heterocycles. The number of nitrogens with zero attached hydrogens (tertiary/aromatic N) is 2. The van der Waals surface area contributed by atoms with Crippen molar-refractivity contribution in [2.45, 2.75) is 57.9 Å². The van der Waals surface area contributed by atoms with Gasteiger partial charge in [-0.1, -0.05) is 48.0 Å². The first-order valence-corrected chi connectivity index (χ1v) is 14.0. The standard InChI is InChI=1S/C30H33FN2O2S/c1-20-16-21(2)30(22(3)17-20)36(34,35)32-14-12-25(13-15-32)29-23(4)33(28-11-6-5-10-27(28)29)19-24-8-7-9-26(31)18-24/h5-11,16-18,25H,12-15,19H2,1-4H3. The topological polar surface area (TPSA) is 42.3 Å². The Balaban J connectivity index is 1.44. The molecule has 0 amide bonds. The van der Waals surface area contributed by atoms with E-state index in [1.807, 2.05) is 45.0 Å². The Morgan fingerprint density at radius 1 is 0.889 bits per heavy atom. The molecule has 1 fully saturated rings. The summed E-state index contributed by atoms with van der Waals surface area (Å²) in [5, 5.41) is 1.21. The van der Waals surface area contributed by atoms with E-state index in [0.717, 1.165) is 40.6 Å². The van der Waals surface area contributed by atoms with Crippen LogP contribution in [0.4, 0.5) is 4.39 Å². The maximum absolute atomic E-state index is 13.8. The first kappa shape index (κ1) is 24.7. The summed E-state index contributed by atoms with van der Waals surface area (Å²) in [6.07, 6.45) is 1.55. The predicted molar refractivity (Wildman–Crippen MR) is 144 cm³/mol. The lowest BCUT2D eigenvalue weighted by atomic mass is 9.88. The second-order valence-corrected chi connectivity index (χ2v) is 12.0. The third kappa shape index (κ3) is 4.37. The Kier molecular flexibility index (Phi) is 6.52. The second-order valence-electron chi connectivity index (χ2n) is 10.1. The van der Waals surface area contributed by atoms with Crippen LogP contribution in [0.1, 0.15) is 52.3 Å². The molecule has 0 aliphatic carbocycles. The largest absolute Gasteiger partial charge is 0.340 e. The third-order valence-electron chi connectivity index (χ3n) is 7.57. The summed E-state index contributed by atoms with van der Waals surface area (Å²) in [4.78, 5) is 0.453. The maximum Gasteiger partial charge on any atom is 0.243 e. The van der Waals surface area contributed by atoms with Gasteiger partial charge in [-0.2, -0.15) is 4.31 Å². The molecular formula is C30H33FN2O2S. The summed E-state index contributed by atoms with van der Waals surface area (Å²) in [6, 6.07) is 19.0. The Hall–Kier alpha value is -2.96. The summed E-state index contributed by atoms with van der Waals surface area (Å²) in [5.74, 6) is 0.0461. The molecule has 0 unspecified atom stereocenters. The number of aromatic nitrogens is 1. The molecule has 0 radical (unpaired) electrons. The van der Waals surface area contributed by atoms with Crippen LogP contribution in [0.2, 0.25) is 0 Å². The number of rotatable bonds is 5. The number of sulfonamides is 1. The van der Waals surface area contributed by atoms with Crippen molar-refractivity contribution in [2.24, 2.45) is 0 Å². The first-order chi connectivity index (χ1) is 17.2. The molecule has 0 saturated carbocycles. The van der Waals surface area contributed by atoms with E-state index in [4.69, 9.17) is 0 Å². The van der Waals surface area contributed by atoms with Crippen molar-refractivity contribution in [1.82, 2.24) is 8.87 Å². The summed E-state index contributed by atoms with van der Waals surface area (Å²) in [7, 11) is -3.55. The summed E-state index contributed by atoms with van der Waals surface area (Å²) >= 11 is 0. The quantitative estimate of drug-likeness (QED) is 0.306. The number of fused-ring (bicyclic) bond motifs is 1. The zero-order valence-electron chi connectivity index (χ0n) is 21.4. The Morgan fingerprint density at radius 2 is 1.56 bits per heavy atom. The molecule has 1 aliphatic heterocycles. The van der Waals surface area contributed by atoms with Crippen LogP contribution in [0.25, 0.3) is 10.9 Å². The molecule has 0 bridgehead atoms. The molecule has 1 aromatic heterocycles. The molecule has 5 rings (SSSR count). The van der Waals surface area contributed by atoms with Gasteiger partial charge in [0.25, 0.3) is 0 Å². The van der Waals surface area contributed by atoms with E-state index in [-0.39, 0.29) is 11.7 Å². The van der Waals surface area contributed by atoms with Crippen LogP contribution in [-0.4, -0.2) is 30.4 Å². The average Bonchev–Trinajstić information content (AvgIpc) is 3.09. The van der Waals surface area contributed by atoms with E-state index >= 15 is 0 Å². The van der Waals surface area contributed by atoms with Gasteiger partial charge in [-0.05, 0) is 86.9 Å². The number of piperidine rings is 1. The highest BCUT2D eigenvalue weighted by atomic mass is 32.2. The van der Waals surface area contributed by atoms with Crippen LogP contribution in [0.5, 0.6) is 0 Å². The van der Waals surface area contributed by atoms with Crippen molar-refractivity contribution in [1.29, 1.82) is 0 Å². The highest BCUT2D eigenvalue weighted by Gasteiger charge is 2.33. The molecule has 0 N–H and O–H groups in total. The number of aryl methyl sites for hydroxylation is 3. The van der Waals surface area contributed by atoms with Crippen molar-refractivity contribution < 1.29 is 12.8 Å². The van der Waals surface area contributed by atoms with Gasteiger partial charge in [0.15, 0.2) is 0 Å². The van der Waals surface area contributed by atoms with Gasteiger partial charge < -0.3 is 4.57 Å². The fourth-order valence-electron chi connectivity index (χ4n) is 6.08. The minimum atomic E-state index is -3.55. The number of hydrogen-bond acceptors (Lipinski definition) is 2. The van der Waals surface area contributed by atoms with E-state index < -0.39 is 10.0 Å². The molecule has 36 heavy (non-hydrogen) atoms. The fraction of sp³-hybridized carbons (Fsp3) is 0.333. The monoisotopic (exact) mass is 504 g/mol. The Morgan fingerprint density at radius 3 is 2.22 bits per heavy atom. The summed E-state index contributed by atoms with van der Waals surface area (Å²) < 4.78 is 44.9. The molecule has 0 spiro atoms. The van der Waals surface area contributed by atoms with Crippen LogP contribution in [0.15, 0.2) is 65.6 Å². The van der Waals surface area contributed by atoms with Crippen LogP contribution in [0, 0.1) is 33.5 Å². The van der Waals surface area contributed by atoms with Gasteiger partial charge in [-0.3, -0.25) is 0 Å². The minimum absolute atomic E-state index is 0.227. The van der Waals surface area contributed by atoms with E-state index in [2.05, 4.69) is 29.7 Å². The maximum atomic E-state index is 13.8.